The van der Waals surface area contributed by atoms with Crippen molar-refractivity contribution in [3.05, 3.63) is 28.8 Å². The molecule has 2 fully saturated rings. The lowest BCUT2D eigenvalue weighted by molar-refractivity contribution is -0.133. The number of benzene rings is 1. The first-order valence-electron chi connectivity index (χ1n) is 10.5. The van der Waals surface area contributed by atoms with Crippen molar-refractivity contribution in [2.45, 2.75) is 44.9 Å². The molecule has 1 aliphatic heterocycles. The maximum absolute atomic E-state index is 12.5. The van der Waals surface area contributed by atoms with Crippen LogP contribution >= 0.6 is 11.6 Å². The number of carbonyl (C=O) groups is 2. The molecular formula is C22H29ClN4O2. The molecule has 0 spiro atoms. The summed E-state index contributed by atoms with van der Waals surface area (Å²) in [5, 5.41) is 12.4. The molecule has 6 nitrogen and oxygen atoms in total. The molecule has 1 saturated heterocycles. The van der Waals surface area contributed by atoms with Gasteiger partial charge in [-0.15, -0.1) is 0 Å². The average molecular weight is 417 g/mol. The van der Waals surface area contributed by atoms with Crippen molar-refractivity contribution in [3.63, 3.8) is 0 Å². The Morgan fingerprint density at radius 3 is 2.55 bits per heavy atom. The SMILES string of the molecule is N#Cc1ccc(Cl)cc1NC(=O)CN1CCN(C(=O)CCC2CCCCC2)CC1. The Morgan fingerprint density at radius 1 is 1.14 bits per heavy atom. The fourth-order valence-corrected chi connectivity index (χ4v) is 4.40. The van der Waals surface area contributed by atoms with Crippen LogP contribution in [0.15, 0.2) is 18.2 Å². The quantitative estimate of drug-likeness (QED) is 0.767. The van der Waals surface area contributed by atoms with Gasteiger partial charge in [0.25, 0.3) is 0 Å². The number of hydrogen-bond acceptors (Lipinski definition) is 4. The normalized spacial score (nSPS) is 18.3. The van der Waals surface area contributed by atoms with Gasteiger partial charge in [0.1, 0.15) is 6.07 Å². The average Bonchev–Trinajstić information content (AvgIpc) is 2.73. The molecule has 1 heterocycles. The Labute approximate surface area is 177 Å². The lowest BCUT2D eigenvalue weighted by Gasteiger charge is -2.34. The fourth-order valence-electron chi connectivity index (χ4n) is 4.23. The highest BCUT2D eigenvalue weighted by atomic mass is 35.5. The van der Waals surface area contributed by atoms with Crippen LogP contribution < -0.4 is 5.32 Å². The van der Waals surface area contributed by atoms with Gasteiger partial charge in [0.2, 0.25) is 11.8 Å². The number of nitrogens with one attached hydrogen (secondary N) is 1. The minimum absolute atomic E-state index is 0.180. The minimum Gasteiger partial charge on any atom is -0.340 e. The van der Waals surface area contributed by atoms with Gasteiger partial charge < -0.3 is 10.2 Å². The number of amides is 2. The number of halogens is 1. The van der Waals surface area contributed by atoms with Crippen molar-refractivity contribution in [2.75, 3.05) is 38.0 Å². The van der Waals surface area contributed by atoms with E-state index in [2.05, 4.69) is 11.4 Å². The second kappa shape index (κ2) is 10.6. The van der Waals surface area contributed by atoms with Crippen molar-refractivity contribution in [1.82, 2.24) is 9.80 Å². The highest BCUT2D eigenvalue weighted by Crippen LogP contribution is 2.27. The van der Waals surface area contributed by atoms with E-state index in [0.717, 1.165) is 12.3 Å². The predicted octanol–water partition coefficient (Wildman–Crippen LogP) is 3.65. The molecule has 156 valence electrons. The molecule has 0 atom stereocenters. The first-order valence-corrected chi connectivity index (χ1v) is 10.9. The van der Waals surface area contributed by atoms with Crippen molar-refractivity contribution in [3.8, 4) is 6.07 Å². The van der Waals surface area contributed by atoms with Gasteiger partial charge in [0.15, 0.2) is 0 Å². The first kappa shape index (κ1) is 21.6. The van der Waals surface area contributed by atoms with Gasteiger partial charge in [0, 0.05) is 37.6 Å². The summed E-state index contributed by atoms with van der Waals surface area (Å²) in [5.74, 6) is 0.792. The summed E-state index contributed by atoms with van der Waals surface area (Å²) in [7, 11) is 0. The zero-order valence-electron chi connectivity index (χ0n) is 16.8. The minimum atomic E-state index is -0.180. The number of anilines is 1. The third kappa shape index (κ3) is 6.45. The summed E-state index contributed by atoms with van der Waals surface area (Å²) in [6.45, 7) is 2.93. The molecule has 0 bridgehead atoms. The monoisotopic (exact) mass is 416 g/mol. The molecule has 2 amide bonds. The summed E-state index contributed by atoms with van der Waals surface area (Å²) in [6, 6.07) is 6.86. The Kier molecular flexibility index (Phi) is 7.91. The molecule has 1 saturated carbocycles. The van der Waals surface area contributed by atoms with E-state index in [4.69, 9.17) is 16.9 Å². The number of rotatable bonds is 6. The number of carbonyl (C=O) groups excluding carboxylic acids is 2. The van der Waals surface area contributed by atoms with E-state index in [0.29, 0.717) is 48.9 Å². The van der Waals surface area contributed by atoms with E-state index in [1.54, 1.807) is 18.2 Å². The van der Waals surface area contributed by atoms with Gasteiger partial charge >= 0.3 is 0 Å². The Bertz CT molecular complexity index is 763. The molecule has 0 unspecified atom stereocenters. The third-order valence-electron chi connectivity index (χ3n) is 5.96. The van der Waals surface area contributed by atoms with Crippen LogP contribution in [-0.2, 0) is 9.59 Å². The summed E-state index contributed by atoms with van der Waals surface area (Å²) in [5.41, 5.74) is 0.817. The molecule has 1 N–H and O–H groups in total. The molecular weight excluding hydrogens is 388 g/mol. The zero-order chi connectivity index (χ0) is 20.6. The third-order valence-corrected chi connectivity index (χ3v) is 6.19. The van der Waals surface area contributed by atoms with Gasteiger partial charge in [-0.2, -0.15) is 5.26 Å². The molecule has 7 heteroatoms. The van der Waals surface area contributed by atoms with Gasteiger partial charge in [-0.1, -0.05) is 43.7 Å². The molecule has 1 aromatic carbocycles. The Hall–Kier alpha value is -2.10. The van der Waals surface area contributed by atoms with Crippen LogP contribution in [0.4, 0.5) is 5.69 Å². The zero-order valence-corrected chi connectivity index (χ0v) is 17.6. The lowest BCUT2D eigenvalue weighted by Crippen LogP contribution is -2.50. The number of nitrogens with zero attached hydrogens (tertiary/aromatic N) is 3. The molecule has 3 rings (SSSR count). The van der Waals surface area contributed by atoms with E-state index < -0.39 is 0 Å². The van der Waals surface area contributed by atoms with Crippen LogP contribution in [0.1, 0.15) is 50.5 Å². The molecule has 29 heavy (non-hydrogen) atoms. The van der Waals surface area contributed by atoms with E-state index >= 15 is 0 Å². The molecule has 0 radical (unpaired) electrons. The standard InChI is InChI=1S/C22H29ClN4O2/c23-19-8-7-18(15-24)20(14-19)25-21(28)16-26-10-12-27(13-11-26)22(29)9-6-17-4-2-1-3-5-17/h7-8,14,17H,1-6,9-13,16H2,(H,25,28). The van der Waals surface area contributed by atoms with Crippen molar-refractivity contribution < 1.29 is 9.59 Å². The maximum atomic E-state index is 12.5. The van der Waals surface area contributed by atoms with E-state index in [9.17, 15) is 9.59 Å². The molecule has 1 aliphatic carbocycles. The van der Waals surface area contributed by atoms with Crippen LogP contribution in [-0.4, -0.2) is 54.3 Å². The van der Waals surface area contributed by atoms with Gasteiger partial charge in [-0.3, -0.25) is 14.5 Å². The highest BCUT2D eigenvalue weighted by molar-refractivity contribution is 6.31. The summed E-state index contributed by atoms with van der Waals surface area (Å²) in [4.78, 5) is 28.8. The second-order valence-corrected chi connectivity index (χ2v) is 8.49. The van der Waals surface area contributed by atoms with Gasteiger partial charge in [-0.05, 0) is 30.5 Å². The fraction of sp³-hybridized carbons (Fsp3) is 0.591. The summed E-state index contributed by atoms with van der Waals surface area (Å²) < 4.78 is 0. The number of hydrogen-bond donors (Lipinski definition) is 1. The van der Waals surface area contributed by atoms with E-state index in [-0.39, 0.29) is 18.4 Å². The summed E-state index contributed by atoms with van der Waals surface area (Å²) >= 11 is 5.96. The van der Waals surface area contributed by atoms with Crippen LogP contribution in [0, 0.1) is 17.2 Å². The molecule has 0 aromatic heterocycles. The summed E-state index contributed by atoms with van der Waals surface area (Å²) in [6.07, 6.45) is 8.18. The molecule has 1 aromatic rings. The number of nitriles is 1. The largest absolute Gasteiger partial charge is 0.340 e. The van der Waals surface area contributed by atoms with Crippen molar-refractivity contribution in [2.24, 2.45) is 5.92 Å². The smallest absolute Gasteiger partial charge is 0.238 e. The van der Waals surface area contributed by atoms with Crippen LogP contribution in [0.2, 0.25) is 5.02 Å². The van der Waals surface area contributed by atoms with Gasteiger partial charge in [0.05, 0.1) is 17.8 Å². The lowest BCUT2D eigenvalue weighted by atomic mass is 9.86. The predicted molar refractivity (Wildman–Crippen MR) is 114 cm³/mol. The Balaban J connectivity index is 1.40. The van der Waals surface area contributed by atoms with Crippen LogP contribution in [0.3, 0.4) is 0 Å². The Morgan fingerprint density at radius 2 is 1.86 bits per heavy atom. The number of piperazine rings is 1. The van der Waals surface area contributed by atoms with Crippen molar-refractivity contribution >= 4 is 29.1 Å². The first-order chi connectivity index (χ1) is 14.0. The second-order valence-electron chi connectivity index (χ2n) is 8.05. The molecule has 2 aliphatic rings. The van der Waals surface area contributed by atoms with E-state index in [1.165, 1.54) is 32.1 Å². The highest BCUT2D eigenvalue weighted by Gasteiger charge is 2.23. The van der Waals surface area contributed by atoms with Gasteiger partial charge in [-0.25, -0.2) is 0 Å². The topological polar surface area (TPSA) is 76.4 Å². The van der Waals surface area contributed by atoms with Crippen LogP contribution in [0.25, 0.3) is 0 Å². The van der Waals surface area contributed by atoms with E-state index in [1.807, 2.05) is 9.80 Å². The maximum Gasteiger partial charge on any atom is 0.238 e. The van der Waals surface area contributed by atoms with Crippen LogP contribution in [0.5, 0.6) is 0 Å². The van der Waals surface area contributed by atoms with Crippen molar-refractivity contribution in [1.29, 1.82) is 5.26 Å².